The second kappa shape index (κ2) is 5.28. The average Bonchev–Trinajstić information content (AvgIpc) is 2.53. The predicted octanol–water partition coefficient (Wildman–Crippen LogP) is 2.38. The van der Waals surface area contributed by atoms with E-state index in [1.807, 2.05) is 0 Å². The fourth-order valence-electron chi connectivity index (χ4n) is 2.52. The molecule has 2 aromatic carbocycles. The van der Waals surface area contributed by atoms with Gasteiger partial charge in [0.1, 0.15) is 16.6 Å². The van der Waals surface area contributed by atoms with Gasteiger partial charge in [-0.05, 0) is 6.07 Å². The van der Waals surface area contributed by atoms with Crippen LogP contribution in [0, 0.1) is 0 Å². The van der Waals surface area contributed by atoms with E-state index in [2.05, 4.69) is 0 Å². The third-order valence-electron chi connectivity index (χ3n) is 3.56. The van der Waals surface area contributed by atoms with Crippen LogP contribution in [0.4, 0.5) is 0 Å². The van der Waals surface area contributed by atoms with Gasteiger partial charge in [-0.3, -0.25) is 4.79 Å². The lowest BCUT2D eigenvalue weighted by molar-refractivity contribution is 0.335. The Labute approximate surface area is 130 Å². The highest BCUT2D eigenvalue weighted by atomic mass is 16.5. The molecule has 0 bridgehead atoms. The molecule has 0 aliphatic rings. The second-order valence-electron chi connectivity index (χ2n) is 4.79. The smallest absolute Gasteiger partial charge is 0.204 e. The monoisotopic (exact) mass is 318 g/mol. The number of rotatable bonds is 3. The first-order valence-corrected chi connectivity index (χ1v) is 6.63. The quantitative estimate of drug-likeness (QED) is 0.715. The van der Waals surface area contributed by atoms with E-state index in [0.717, 1.165) is 0 Å². The van der Waals surface area contributed by atoms with Crippen molar-refractivity contribution in [1.29, 1.82) is 0 Å². The van der Waals surface area contributed by atoms with E-state index in [9.17, 15) is 15.0 Å². The standard InChI is InChI=1S/C16H14O7/c1-20-11-4-7-10(5-8(11)17)23-12-6-9(18)15(21-2)16(22-3)13(12)14(7)19/h4-6,17-18H,1-3H3. The molecule has 23 heavy (non-hydrogen) atoms. The summed E-state index contributed by atoms with van der Waals surface area (Å²) in [5, 5.41) is 20.1. The molecule has 0 saturated carbocycles. The van der Waals surface area contributed by atoms with Gasteiger partial charge in [-0.25, -0.2) is 0 Å². The van der Waals surface area contributed by atoms with E-state index in [1.165, 1.54) is 39.5 Å². The van der Waals surface area contributed by atoms with Crippen molar-refractivity contribution >= 4 is 21.9 Å². The van der Waals surface area contributed by atoms with Gasteiger partial charge in [0, 0.05) is 12.1 Å². The van der Waals surface area contributed by atoms with Crippen molar-refractivity contribution < 1.29 is 28.8 Å². The highest BCUT2D eigenvalue weighted by Crippen LogP contribution is 2.42. The maximum Gasteiger partial charge on any atom is 0.204 e. The van der Waals surface area contributed by atoms with Crippen LogP contribution >= 0.6 is 0 Å². The van der Waals surface area contributed by atoms with Crippen molar-refractivity contribution in [2.45, 2.75) is 0 Å². The first-order valence-electron chi connectivity index (χ1n) is 6.63. The molecule has 3 rings (SSSR count). The van der Waals surface area contributed by atoms with Crippen LogP contribution in [0.5, 0.6) is 28.7 Å². The van der Waals surface area contributed by atoms with Crippen LogP contribution in [0.25, 0.3) is 21.9 Å². The molecule has 0 fully saturated rings. The van der Waals surface area contributed by atoms with Crippen LogP contribution in [0.15, 0.2) is 27.4 Å². The van der Waals surface area contributed by atoms with E-state index < -0.39 is 5.43 Å². The first-order chi connectivity index (χ1) is 11.0. The number of hydrogen-bond acceptors (Lipinski definition) is 7. The Morgan fingerprint density at radius 1 is 0.870 bits per heavy atom. The highest BCUT2D eigenvalue weighted by Gasteiger charge is 2.21. The van der Waals surface area contributed by atoms with E-state index in [-0.39, 0.29) is 50.7 Å². The molecule has 0 unspecified atom stereocenters. The SMILES string of the molecule is COc1cc2c(=O)c3c(OC)c(OC)c(O)cc3oc2cc1O. The molecule has 120 valence electrons. The van der Waals surface area contributed by atoms with Gasteiger partial charge in [0.05, 0.1) is 26.7 Å². The highest BCUT2D eigenvalue weighted by molar-refractivity contribution is 5.96. The number of methoxy groups -OCH3 is 3. The Hall–Kier alpha value is -3.09. The summed E-state index contributed by atoms with van der Waals surface area (Å²) in [7, 11) is 4.09. The zero-order chi connectivity index (χ0) is 16.7. The van der Waals surface area contributed by atoms with Gasteiger partial charge in [-0.1, -0.05) is 0 Å². The third kappa shape index (κ3) is 2.09. The van der Waals surface area contributed by atoms with Crippen molar-refractivity contribution in [3.63, 3.8) is 0 Å². The number of aromatic hydroxyl groups is 2. The zero-order valence-electron chi connectivity index (χ0n) is 12.7. The van der Waals surface area contributed by atoms with E-state index in [0.29, 0.717) is 0 Å². The van der Waals surface area contributed by atoms with Gasteiger partial charge < -0.3 is 28.8 Å². The Morgan fingerprint density at radius 2 is 1.52 bits per heavy atom. The summed E-state index contributed by atoms with van der Waals surface area (Å²) in [6.07, 6.45) is 0. The molecule has 0 atom stereocenters. The van der Waals surface area contributed by atoms with Crippen molar-refractivity contribution in [2.75, 3.05) is 21.3 Å². The minimum Gasteiger partial charge on any atom is -0.504 e. The summed E-state index contributed by atoms with van der Waals surface area (Å²) in [6.45, 7) is 0. The molecule has 7 nitrogen and oxygen atoms in total. The molecule has 0 aliphatic carbocycles. The van der Waals surface area contributed by atoms with Gasteiger partial charge in [-0.2, -0.15) is 0 Å². The fourth-order valence-corrected chi connectivity index (χ4v) is 2.52. The predicted molar refractivity (Wildman–Crippen MR) is 83.0 cm³/mol. The number of phenolic OH excluding ortho intramolecular Hbond substituents is 2. The summed E-state index contributed by atoms with van der Waals surface area (Å²) in [5.74, 6) is -0.124. The normalized spacial score (nSPS) is 10.9. The van der Waals surface area contributed by atoms with Gasteiger partial charge in [0.15, 0.2) is 23.0 Å². The van der Waals surface area contributed by atoms with Gasteiger partial charge in [-0.15, -0.1) is 0 Å². The Morgan fingerprint density at radius 3 is 2.13 bits per heavy atom. The van der Waals surface area contributed by atoms with E-state index >= 15 is 0 Å². The zero-order valence-corrected chi connectivity index (χ0v) is 12.7. The van der Waals surface area contributed by atoms with Crippen LogP contribution in [0.3, 0.4) is 0 Å². The van der Waals surface area contributed by atoms with Crippen molar-refractivity contribution in [2.24, 2.45) is 0 Å². The molecule has 0 radical (unpaired) electrons. The lowest BCUT2D eigenvalue weighted by Gasteiger charge is -2.12. The number of benzene rings is 2. The number of ether oxygens (including phenoxy) is 3. The van der Waals surface area contributed by atoms with Crippen LogP contribution in [-0.4, -0.2) is 31.5 Å². The Bertz CT molecular complexity index is 972. The molecule has 0 saturated heterocycles. The Balaban J connectivity index is 2.54. The minimum atomic E-state index is -0.394. The van der Waals surface area contributed by atoms with Gasteiger partial charge in [0.25, 0.3) is 0 Å². The lowest BCUT2D eigenvalue weighted by atomic mass is 10.1. The van der Waals surface area contributed by atoms with E-state index in [4.69, 9.17) is 18.6 Å². The maximum absolute atomic E-state index is 12.8. The minimum absolute atomic E-state index is 0.0393. The summed E-state index contributed by atoms with van der Waals surface area (Å²) >= 11 is 0. The molecule has 7 heteroatoms. The summed E-state index contributed by atoms with van der Waals surface area (Å²) in [4.78, 5) is 12.8. The Kier molecular flexibility index (Phi) is 3.40. The maximum atomic E-state index is 12.8. The molecule has 0 aliphatic heterocycles. The van der Waals surface area contributed by atoms with Crippen molar-refractivity contribution in [3.8, 4) is 28.7 Å². The van der Waals surface area contributed by atoms with Crippen molar-refractivity contribution in [3.05, 3.63) is 28.4 Å². The molecular weight excluding hydrogens is 304 g/mol. The molecule has 1 heterocycles. The van der Waals surface area contributed by atoms with Gasteiger partial charge in [0.2, 0.25) is 11.2 Å². The summed E-state index contributed by atoms with van der Waals surface area (Å²) in [5.41, 5.74) is -0.121. The van der Waals surface area contributed by atoms with Crippen LogP contribution in [0.2, 0.25) is 0 Å². The largest absolute Gasteiger partial charge is 0.504 e. The van der Waals surface area contributed by atoms with Crippen molar-refractivity contribution in [1.82, 2.24) is 0 Å². The van der Waals surface area contributed by atoms with Crippen LogP contribution < -0.4 is 19.6 Å². The van der Waals surface area contributed by atoms with Crippen LogP contribution in [0.1, 0.15) is 0 Å². The number of fused-ring (bicyclic) bond motifs is 2. The average molecular weight is 318 g/mol. The molecule has 0 amide bonds. The third-order valence-corrected chi connectivity index (χ3v) is 3.56. The van der Waals surface area contributed by atoms with Gasteiger partial charge >= 0.3 is 0 Å². The molecule has 3 aromatic rings. The first kappa shape index (κ1) is 14.8. The summed E-state index contributed by atoms with van der Waals surface area (Å²) in [6, 6.07) is 3.93. The number of phenols is 2. The fraction of sp³-hybridized carbons (Fsp3) is 0.188. The second-order valence-corrected chi connectivity index (χ2v) is 4.79. The lowest BCUT2D eigenvalue weighted by Crippen LogP contribution is -2.05. The molecule has 1 aromatic heterocycles. The van der Waals surface area contributed by atoms with E-state index in [1.54, 1.807) is 0 Å². The molecule has 0 spiro atoms. The number of hydrogen-bond donors (Lipinski definition) is 2. The van der Waals surface area contributed by atoms with Crippen LogP contribution in [-0.2, 0) is 0 Å². The summed E-state index contributed by atoms with van der Waals surface area (Å²) < 4.78 is 20.9. The topological polar surface area (TPSA) is 98.4 Å². The molecular formula is C16H14O7. The molecule has 2 N–H and O–H groups in total.